The van der Waals surface area contributed by atoms with Gasteiger partial charge >= 0.3 is 0 Å². The number of carbonyl (C=O) groups is 1. The molecule has 4 nitrogen and oxygen atoms in total. The van der Waals surface area contributed by atoms with Gasteiger partial charge in [-0.25, -0.2) is 0 Å². The Bertz CT molecular complexity index is 794. The van der Waals surface area contributed by atoms with Gasteiger partial charge in [-0.2, -0.15) is 0 Å². The number of carbonyl (C=O) groups excluding carboxylic acids is 1. The van der Waals surface area contributed by atoms with E-state index in [1.54, 1.807) is 0 Å². The number of rotatable bonds is 2. The molecule has 4 aliphatic rings. The maximum absolute atomic E-state index is 12.7. The number of allylic oxidation sites excluding steroid dienone is 4. The number of nitrogens with one attached hydrogen (secondary N) is 1. The number of hydrogen-bond donors (Lipinski definition) is 2. The molecule has 0 saturated heterocycles. The van der Waals surface area contributed by atoms with E-state index in [2.05, 4.69) is 25.2 Å². The van der Waals surface area contributed by atoms with Gasteiger partial charge in [0.2, 0.25) is 13.9 Å². The van der Waals surface area contributed by atoms with Crippen molar-refractivity contribution >= 4 is 13.9 Å². The molecule has 0 bridgehead atoms. The van der Waals surface area contributed by atoms with Crippen LogP contribution in [0.15, 0.2) is 23.0 Å². The number of fused-ring (bicyclic) bond motifs is 5. The van der Waals surface area contributed by atoms with Crippen LogP contribution in [0.3, 0.4) is 0 Å². The predicted octanol–water partition coefficient (Wildman–Crippen LogP) is 5.44. The zero-order chi connectivity index (χ0) is 21.2. The molecule has 0 aromatic heterocycles. The van der Waals surface area contributed by atoms with Crippen LogP contribution in [-0.2, 0) is 9.36 Å². The third-order valence-electron chi connectivity index (χ3n) is 9.05. The van der Waals surface area contributed by atoms with Crippen LogP contribution in [0.5, 0.6) is 0 Å². The maximum atomic E-state index is 12.7. The van der Waals surface area contributed by atoms with Crippen molar-refractivity contribution in [2.24, 2.45) is 34.0 Å². The molecular formula is C24H38NO3P. The van der Waals surface area contributed by atoms with Crippen LogP contribution in [0.4, 0.5) is 0 Å². The fourth-order valence-electron chi connectivity index (χ4n) is 7.18. The van der Waals surface area contributed by atoms with Gasteiger partial charge in [-0.05, 0) is 73.5 Å². The van der Waals surface area contributed by atoms with Crippen LogP contribution in [0.2, 0.25) is 0 Å². The molecule has 0 spiro atoms. The summed E-state index contributed by atoms with van der Waals surface area (Å²) in [6, 6.07) is 0.294. The van der Waals surface area contributed by atoms with Crippen LogP contribution < -0.4 is 5.32 Å². The van der Waals surface area contributed by atoms with Crippen LogP contribution in [0, 0.1) is 34.0 Å². The lowest BCUT2D eigenvalue weighted by atomic mass is 9.47. The molecule has 4 rings (SSSR count). The lowest BCUT2D eigenvalue weighted by Crippen LogP contribution is -2.54. The first-order chi connectivity index (χ1) is 13.5. The summed E-state index contributed by atoms with van der Waals surface area (Å²) in [5.74, 6) is 2.20. The van der Waals surface area contributed by atoms with E-state index in [-0.39, 0.29) is 22.2 Å². The Morgan fingerprint density at radius 1 is 1.17 bits per heavy atom. The van der Waals surface area contributed by atoms with Gasteiger partial charge in [0.1, 0.15) is 0 Å². The minimum absolute atomic E-state index is 0.137. The van der Waals surface area contributed by atoms with E-state index >= 15 is 0 Å². The Kier molecular flexibility index (Phi) is 5.23. The summed E-state index contributed by atoms with van der Waals surface area (Å²) in [7, 11) is -2.60. The molecule has 1 amide bonds. The lowest BCUT2D eigenvalue weighted by Gasteiger charge is -2.58. The van der Waals surface area contributed by atoms with Gasteiger partial charge in [0.05, 0.1) is 0 Å². The minimum atomic E-state index is -2.60. The first kappa shape index (κ1) is 21.4. The molecule has 3 saturated carbocycles. The summed E-state index contributed by atoms with van der Waals surface area (Å²) in [6.45, 7) is 10.8. The molecule has 29 heavy (non-hydrogen) atoms. The first-order valence-electron chi connectivity index (χ1n) is 11.4. The fourth-order valence-corrected chi connectivity index (χ4v) is 7.75. The van der Waals surface area contributed by atoms with E-state index in [9.17, 15) is 14.3 Å². The van der Waals surface area contributed by atoms with Crippen LogP contribution >= 0.6 is 8.03 Å². The topological polar surface area (TPSA) is 66.4 Å². The van der Waals surface area contributed by atoms with Crippen molar-refractivity contribution in [2.45, 2.75) is 85.6 Å². The SMILES string of the molecule is CC(C)(C)C(=O)NC1CC[C@H]2[C@@H]3CCC4=CC([PH](=O)O)=CC[C@]4(C)[C@@H]3CC[C@]12C. The predicted molar refractivity (Wildman–Crippen MR) is 118 cm³/mol. The Labute approximate surface area is 176 Å². The molecule has 0 aromatic carbocycles. The normalized spacial score (nSPS) is 42.7. The molecule has 0 aliphatic heterocycles. The van der Waals surface area contributed by atoms with Crippen molar-refractivity contribution in [1.29, 1.82) is 0 Å². The number of hydrogen-bond acceptors (Lipinski definition) is 2. The Balaban J connectivity index is 1.55. The van der Waals surface area contributed by atoms with Gasteiger partial charge in [-0.15, -0.1) is 0 Å². The molecule has 3 fully saturated rings. The largest absolute Gasteiger partial charge is 0.352 e. The van der Waals surface area contributed by atoms with E-state index in [1.165, 1.54) is 31.3 Å². The second kappa shape index (κ2) is 7.09. The highest BCUT2D eigenvalue weighted by Crippen LogP contribution is 2.65. The van der Waals surface area contributed by atoms with Gasteiger partial charge < -0.3 is 10.2 Å². The van der Waals surface area contributed by atoms with Gasteiger partial charge in [-0.1, -0.05) is 52.3 Å². The summed E-state index contributed by atoms with van der Waals surface area (Å²) < 4.78 is 11.6. The summed E-state index contributed by atoms with van der Waals surface area (Å²) in [5.41, 5.74) is 1.40. The van der Waals surface area contributed by atoms with Crippen molar-refractivity contribution in [3.05, 3.63) is 23.0 Å². The third kappa shape index (κ3) is 3.39. The Morgan fingerprint density at radius 3 is 2.55 bits per heavy atom. The van der Waals surface area contributed by atoms with E-state index < -0.39 is 8.03 Å². The van der Waals surface area contributed by atoms with E-state index in [0.29, 0.717) is 29.1 Å². The highest BCUT2D eigenvalue weighted by Gasteiger charge is 2.59. The van der Waals surface area contributed by atoms with Crippen LogP contribution in [-0.4, -0.2) is 16.8 Å². The first-order valence-corrected chi connectivity index (χ1v) is 12.8. The Morgan fingerprint density at radius 2 is 1.90 bits per heavy atom. The van der Waals surface area contributed by atoms with Crippen molar-refractivity contribution in [1.82, 2.24) is 5.32 Å². The highest BCUT2D eigenvalue weighted by atomic mass is 31.1. The average molecular weight is 420 g/mol. The molecule has 2 unspecified atom stereocenters. The zero-order valence-corrected chi connectivity index (χ0v) is 19.7. The lowest BCUT2D eigenvalue weighted by molar-refractivity contribution is -0.131. The third-order valence-corrected chi connectivity index (χ3v) is 9.89. The van der Waals surface area contributed by atoms with E-state index in [0.717, 1.165) is 19.3 Å². The summed E-state index contributed by atoms with van der Waals surface area (Å²) >= 11 is 0. The Hall–Kier alpha value is -0.860. The molecule has 4 aliphatic carbocycles. The molecule has 5 heteroatoms. The molecule has 2 N–H and O–H groups in total. The van der Waals surface area contributed by atoms with Crippen LogP contribution in [0.25, 0.3) is 0 Å². The fraction of sp³-hybridized carbons (Fsp3) is 0.792. The maximum Gasteiger partial charge on any atom is 0.225 e. The van der Waals surface area contributed by atoms with Gasteiger partial charge in [0.25, 0.3) is 0 Å². The minimum Gasteiger partial charge on any atom is -0.352 e. The average Bonchev–Trinajstić information content (AvgIpc) is 2.96. The highest BCUT2D eigenvalue weighted by molar-refractivity contribution is 7.43. The van der Waals surface area contributed by atoms with E-state index in [1.807, 2.05) is 26.8 Å². The number of amides is 1. The summed E-state index contributed by atoms with van der Waals surface area (Å²) in [4.78, 5) is 22.3. The van der Waals surface area contributed by atoms with Gasteiger partial charge in [0, 0.05) is 16.8 Å². The van der Waals surface area contributed by atoms with Crippen molar-refractivity contribution < 1.29 is 14.3 Å². The molecule has 0 aromatic rings. The second-order valence-electron chi connectivity index (χ2n) is 11.6. The summed E-state index contributed by atoms with van der Waals surface area (Å²) in [5, 5.41) is 4.08. The van der Waals surface area contributed by atoms with E-state index in [4.69, 9.17) is 0 Å². The molecule has 162 valence electrons. The molecule has 0 radical (unpaired) electrons. The van der Waals surface area contributed by atoms with Crippen molar-refractivity contribution in [2.75, 3.05) is 0 Å². The zero-order valence-electron chi connectivity index (χ0n) is 18.7. The van der Waals surface area contributed by atoms with Gasteiger partial charge in [-0.3, -0.25) is 9.36 Å². The van der Waals surface area contributed by atoms with Crippen molar-refractivity contribution in [3.8, 4) is 0 Å². The monoisotopic (exact) mass is 419 g/mol. The molecule has 0 heterocycles. The van der Waals surface area contributed by atoms with Gasteiger partial charge in [0.15, 0.2) is 0 Å². The second-order valence-corrected chi connectivity index (χ2v) is 12.8. The van der Waals surface area contributed by atoms with Crippen molar-refractivity contribution in [3.63, 3.8) is 0 Å². The molecular weight excluding hydrogens is 381 g/mol. The smallest absolute Gasteiger partial charge is 0.225 e. The van der Waals surface area contributed by atoms with Crippen LogP contribution in [0.1, 0.15) is 79.6 Å². The summed E-state index contributed by atoms with van der Waals surface area (Å²) in [6.07, 6.45) is 11.9. The molecule has 7 atom stereocenters. The standard InChI is InChI=1S/C24H38NO3P/c1-22(2,3)21(26)25-20-9-8-18-17-7-6-15-14-16(29(27)28)10-12-23(15,4)19(17)11-13-24(18,20)5/h10,14,17-20,29H,6-9,11-13H2,1-5H3,(H,25,26)(H,27,28)/t17-,18-,19+,20?,23-,24-/m0/s1. The quantitative estimate of drug-likeness (QED) is 0.586.